The van der Waals surface area contributed by atoms with Crippen molar-refractivity contribution in [2.45, 2.75) is 46.2 Å². The zero-order valence-electron chi connectivity index (χ0n) is 16.8. The molecule has 4 nitrogen and oxygen atoms in total. The van der Waals surface area contributed by atoms with Crippen molar-refractivity contribution in [1.29, 1.82) is 0 Å². The third-order valence-corrected chi connectivity index (χ3v) is 4.74. The Labute approximate surface area is 172 Å². The summed E-state index contributed by atoms with van der Waals surface area (Å²) >= 11 is 6.12. The molecule has 0 aliphatic carbocycles. The number of hydrogen-bond acceptors (Lipinski definition) is 2. The fourth-order valence-corrected chi connectivity index (χ4v) is 3.22. The molecule has 0 aromatic heterocycles. The second-order valence-electron chi connectivity index (χ2n) is 7.35. The van der Waals surface area contributed by atoms with Gasteiger partial charge in [0.25, 0.3) is 0 Å². The quantitative estimate of drug-likeness (QED) is 0.675. The topological polar surface area (TPSA) is 49.4 Å². The van der Waals surface area contributed by atoms with Crippen LogP contribution < -0.4 is 5.32 Å². The maximum Gasteiger partial charge on any atom is 0.243 e. The van der Waals surface area contributed by atoms with Crippen LogP contribution >= 0.6 is 11.6 Å². The van der Waals surface area contributed by atoms with E-state index in [4.69, 9.17) is 11.6 Å². The van der Waals surface area contributed by atoms with E-state index >= 15 is 0 Å². The molecule has 150 valence electrons. The van der Waals surface area contributed by atoms with Gasteiger partial charge >= 0.3 is 0 Å². The molecule has 28 heavy (non-hydrogen) atoms. The van der Waals surface area contributed by atoms with Crippen LogP contribution in [0, 0.1) is 5.92 Å². The van der Waals surface area contributed by atoms with Crippen LogP contribution in [0.4, 0.5) is 0 Å². The van der Waals surface area contributed by atoms with E-state index in [9.17, 15) is 9.59 Å². The molecule has 2 aromatic rings. The molecular weight excluding hydrogens is 372 g/mol. The second-order valence-corrected chi connectivity index (χ2v) is 7.79. The summed E-state index contributed by atoms with van der Waals surface area (Å²) in [5.74, 6) is 0.159. The first-order chi connectivity index (χ1) is 13.4. The number of carbonyl (C=O) groups is 2. The van der Waals surface area contributed by atoms with Crippen molar-refractivity contribution < 1.29 is 9.59 Å². The summed E-state index contributed by atoms with van der Waals surface area (Å²) < 4.78 is 0. The molecule has 0 fully saturated rings. The van der Waals surface area contributed by atoms with Gasteiger partial charge in [0.05, 0.1) is 0 Å². The lowest BCUT2D eigenvalue weighted by Crippen LogP contribution is -2.50. The fourth-order valence-electron chi connectivity index (χ4n) is 3.01. The molecule has 1 N–H and O–H groups in total. The predicted molar refractivity (Wildman–Crippen MR) is 114 cm³/mol. The third kappa shape index (κ3) is 6.68. The van der Waals surface area contributed by atoms with Crippen LogP contribution in [0.25, 0.3) is 0 Å². The van der Waals surface area contributed by atoms with Gasteiger partial charge in [-0.15, -0.1) is 0 Å². The lowest BCUT2D eigenvalue weighted by Gasteiger charge is -2.31. The molecular formula is C23H29ClN2O2. The molecule has 0 saturated heterocycles. The molecule has 0 aliphatic heterocycles. The zero-order chi connectivity index (χ0) is 20.5. The van der Waals surface area contributed by atoms with Crippen molar-refractivity contribution in [2.75, 3.05) is 6.54 Å². The Balaban J connectivity index is 2.32. The highest BCUT2D eigenvalue weighted by molar-refractivity contribution is 6.30. The van der Waals surface area contributed by atoms with E-state index in [1.165, 1.54) is 0 Å². The molecule has 0 aliphatic rings. The molecule has 0 bridgehead atoms. The molecule has 0 unspecified atom stereocenters. The van der Waals surface area contributed by atoms with E-state index in [1.807, 2.05) is 69.3 Å². The Morgan fingerprint density at radius 3 is 2.32 bits per heavy atom. The molecule has 0 saturated carbocycles. The summed E-state index contributed by atoms with van der Waals surface area (Å²) in [5, 5.41) is 3.62. The summed E-state index contributed by atoms with van der Waals surface area (Å²) in [7, 11) is 0. The van der Waals surface area contributed by atoms with Crippen LogP contribution in [0.15, 0.2) is 54.6 Å². The van der Waals surface area contributed by atoms with Gasteiger partial charge in [-0.05, 0) is 29.2 Å². The van der Waals surface area contributed by atoms with Crippen molar-refractivity contribution >= 4 is 23.4 Å². The lowest BCUT2D eigenvalue weighted by atomic mass is 10.0. The highest BCUT2D eigenvalue weighted by Crippen LogP contribution is 2.18. The van der Waals surface area contributed by atoms with Gasteiger partial charge in [-0.3, -0.25) is 9.59 Å². The van der Waals surface area contributed by atoms with Gasteiger partial charge < -0.3 is 10.2 Å². The monoisotopic (exact) mass is 400 g/mol. The van der Waals surface area contributed by atoms with Crippen LogP contribution in [0.5, 0.6) is 0 Å². The zero-order valence-corrected chi connectivity index (χ0v) is 17.6. The normalized spacial score (nSPS) is 11.9. The molecule has 0 spiro atoms. The van der Waals surface area contributed by atoms with Crippen LogP contribution in [-0.2, 0) is 22.6 Å². The van der Waals surface area contributed by atoms with Gasteiger partial charge in [0.2, 0.25) is 11.8 Å². The number of hydrogen-bond donors (Lipinski definition) is 1. The summed E-state index contributed by atoms with van der Waals surface area (Å²) in [6.07, 6.45) is 0.806. The Morgan fingerprint density at radius 1 is 1.04 bits per heavy atom. The number of rotatable bonds is 9. The third-order valence-electron chi connectivity index (χ3n) is 4.50. The van der Waals surface area contributed by atoms with E-state index in [0.717, 1.165) is 11.1 Å². The standard InChI is InChI=1S/C23H29ClN2O2/c1-4-22(27)26(16-19-11-8-12-20(24)13-19)21(23(28)25-15-17(2)3)14-18-9-6-5-7-10-18/h5-13,17,21H,4,14-16H2,1-3H3,(H,25,28)/t21-/m0/s1. The van der Waals surface area contributed by atoms with Crippen LogP contribution in [0.3, 0.4) is 0 Å². The first-order valence-corrected chi connectivity index (χ1v) is 10.1. The molecule has 1 atom stereocenters. The summed E-state index contributed by atoms with van der Waals surface area (Å²) in [4.78, 5) is 27.5. The predicted octanol–water partition coefficient (Wildman–Crippen LogP) is 4.46. The molecule has 0 radical (unpaired) electrons. The first-order valence-electron chi connectivity index (χ1n) is 9.76. The van der Waals surface area contributed by atoms with Crippen LogP contribution in [0.1, 0.15) is 38.3 Å². The maximum atomic E-state index is 13.0. The maximum absolute atomic E-state index is 13.0. The number of carbonyl (C=O) groups excluding carboxylic acids is 2. The van der Waals surface area contributed by atoms with Gasteiger partial charge in [-0.2, -0.15) is 0 Å². The number of nitrogens with one attached hydrogen (secondary N) is 1. The number of benzene rings is 2. The summed E-state index contributed by atoms with van der Waals surface area (Å²) in [5.41, 5.74) is 1.93. The number of halogens is 1. The van der Waals surface area contributed by atoms with Gasteiger partial charge in [0.15, 0.2) is 0 Å². The highest BCUT2D eigenvalue weighted by atomic mass is 35.5. The van der Waals surface area contributed by atoms with Crippen molar-refractivity contribution in [2.24, 2.45) is 5.92 Å². The fraction of sp³-hybridized carbons (Fsp3) is 0.391. The molecule has 5 heteroatoms. The molecule has 2 amide bonds. The number of amides is 2. The Bertz CT molecular complexity index is 777. The average Bonchev–Trinajstić information content (AvgIpc) is 2.69. The van der Waals surface area contributed by atoms with Gasteiger partial charge in [-0.25, -0.2) is 0 Å². The van der Waals surface area contributed by atoms with E-state index in [2.05, 4.69) is 5.32 Å². The van der Waals surface area contributed by atoms with E-state index < -0.39 is 6.04 Å². The molecule has 2 aromatic carbocycles. The van der Waals surface area contributed by atoms with Crippen molar-refractivity contribution in [3.63, 3.8) is 0 Å². The highest BCUT2D eigenvalue weighted by Gasteiger charge is 2.29. The Kier molecular flexibility index (Phi) is 8.52. The molecule has 0 heterocycles. The van der Waals surface area contributed by atoms with Crippen molar-refractivity contribution in [1.82, 2.24) is 10.2 Å². The van der Waals surface area contributed by atoms with Crippen molar-refractivity contribution in [3.05, 3.63) is 70.7 Å². The Morgan fingerprint density at radius 2 is 1.71 bits per heavy atom. The lowest BCUT2D eigenvalue weighted by molar-refractivity contribution is -0.141. The van der Waals surface area contributed by atoms with Gasteiger partial charge in [-0.1, -0.05) is 74.8 Å². The minimum atomic E-state index is -0.576. The summed E-state index contributed by atoms with van der Waals surface area (Å²) in [6.45, 7) is 6.84. The van der Waals surface area contributed by atoms with Crippen LogP contribution in [-0.4, -0.2) is 29.3 Å². The van der Waals surface area contributed by atoms with Crippen LogP contribution in [0.2, 0.25) is 5.02 Å². The minimum Gasteiger partial charge on any atom is -0.354 e. The van der Waals surface area contributed by atoms with E-state index in [1.54, 1.807) is 11.0 Å². The van der Waals surface area contributed by atoms with Gasteiger partial charge in [0.1, 0.15) is 6.04 Å². The Hall–Kier alpha value is -2.33. The average molecular weight is 401 g/mol. The first kappa shape index (κ1) is 22.0. The molecule has 2 rings (SSSR count). The SMILES string of the molecule is CCC(=O)N(Cc1cccc(Cl)c1)[C@@H](Cc1ccccc1)C(=O)NCC(C)C. The second kappa shape index (κ2) is 10.9. The van der Waals surface area contributed by atoms with E-state index in [-0.39, 0.29) is 11.8 Å². The van der Waals surface area contributed by atoms with E-state index in [0.29, 0.717) is 36.9 Å². The summed E-state index contributed by atoms with van der Waals surface area (Å²) in [6, 6.07) is 16.6. The largest absolute Gasteiger partial charge is 0.354 e. The van der Waals surface area contributed by atoms with Crippen molar-refractivity contribution in [3.8, 4) is 0 Å². The number of nitrogens with zero attached hydrogens (tertiary/aromatic N) is 1. The smallest absolute Gasteiger partial charge is 0.243 e. The minimum absolute atomic E-state index is 0.0550. The van der Waals surface area contributed by atoms with Gasteiger partial charge in [0, 0.05) is 31.0 Å².